The van der Waals surface area contributed by atoms with Crippen molar-refractivity contribution in [3.05, 3.63) is 66.3 Å². The first-order valence-electron chi connectivity index (χ1n) is 8.34. The Hall–Kier alpha value is -2.58. The van der Waals surface area contributed by atoms with Crippen LogP contribution in [0.3, 0.4) is 0 Å². The number of nitrogens with zero attached hydrogens (tertiary/aromatic N) is 2. The topological polar surface area (TPSA) is 77.6 Å². The highest BCUT2D eigenvalue weighted by atomic mass is 32.2. The minimum Gasteiger partial charge on any atom is -0.491 e. The third kappa shape index (κ3) is 5.97. The average Bonchev–Trinajstić information content (AvgIpc) is 3.16. The molecule has 0 fully saturated rings. The summed E-state index contributed by atoms with van der Waals surface area (Å²) in [6.45, 7) is 1.93. The van der Waals surface area contributed by atoms with Crippen molar-refractivity contribution in [2.45, 2.75) is 24.4 Å². The Balaban J connectivity index is 1.45. The van der Waals surface area contributed by atoms with Crippen molar-refractivity contribution in [3.8, 4) is 11.5 Å². The van der Waals surface area contributed by atoms with Crippen LogP contribution in [0.4, 0.5) is 4.39 Å². The van der Waals surface area contributed by atoms with E-state index in [4.69, 9.17) is 13.9 Å². The Morgan fingerprint density at radius 1 is 1.07 bits per heavy atom. The summed E-state index contributed by atoms with van der Waals surface area (Å²) in [5.41, 5.74) is 0. The molecule has 6 nitrogen and oxygen atoms in total. The Kier molecular flexibility index (Phi) is 6.67. The van der Waals surface area contributed by atoms with E-state index in [-0.39, 0.29) is 12.4 Å². The number of thioether (sulfide) groups is 1. The lowest BCUT2D eigenvalue weighted by molar-refractivity contribution is 0.126. The molecule has 0 amide bonds. The van der Waals surface area contributed by atoms with Crippen LogP contribution in [0.1, 0.15) is 18.9 Å². The lowest BCUT2D eigenvalue weighted by Crippen LogP contribution is -2.20. The largest absolute Gasteiger partial charge is 0.491 e. The van der Waals surface area contributed by atoms with E-state index in [1.807, 2.05) is 30.3 Å². The lowest BCUT2D eigenvalue weighted by Gasteiger charge is -2.11. The molecule has 2 unspecified atom stereocenters. The second kappa shape index (κ2) is 9.38. The Morgan fingerprint density at radius 3 is 2.56 bits per heavy atom. The van der Waals surface area contributed by atoms with Gasteiger partial charge >= 0.3 is 0 Å². The second-order valence-corrected chi connectivity index (χ2v) is 6.68. The molecule has 27 heavy (non-hydrogen) atoms. The first-order chi connectivity index (χ1) is 13.1. The van der Waals surface area contributed by atoms with Gasteiger partial charge in [0.1, 0.15) is 23.9 Å². The summed E-state index contributed by atoms with van der Waals surface area (Å²) >= 11 is 1.23. The van der Waals surface area contributed by atoms with Gasteiger partial charge in [0, 0.05) is 5.75 Å². The third-order valence-electron chi connectivity index (χ3n) is 3.48. The molecule has 0 aliphatic rings. The van der Waals surface area contributed by atoms with Gasteiger partial charge in [0.2, 0.25) is 0 Å². The molecule has 142 valence electrons. The van der Waals surface area contributed by atoms with Gasteiger partial charge in [-0.05, 0) is 43.3 Å². The molecule has 1 heterocycles. The molecule has 0 radical (unpaired) electrons. The maximum Gasteiger partial charge on any atom is 0.276 e. The molecular formula is C19H19FN2O4S. The van der Waals surface area contributed by atoms with Crippen LogP contribution in [-0.2, 0) is 0 Å². The van der Waals surface area contributed by atoms with Crippen LogP contribution in [0.2, 0.25) is 0 Å². The molecule has 0 spiro atoms. The zero-order valence-electron chi connectivity index (χ0n) is 14.6. The van der Waals surface area contributed by atoms with Gasteiger partial charge < -0.3 is 19.0 Å². The summed E-state index contributed by atoms with van der Waals surface area (Å²) in [5, 5.41) is 18.2. The maximum absolute atomic E-state index is 12.9. The number of halogens is 1. The minimum atomic E-state index is -0.682. The maximum atomic E-state index is 12.9. The van der Waals surface area contributed by atoms with Gasteiger partial charge in [0.25, 0.3) is 11.1 Å². The van der Waals surface area contributed by atoms with Crippen molar-refractivity contribution >= 4 is 11.8 Å². The number of ether oxygens (including phenoxy) is 2. The fourth-order valence-corrected chi connectivity index (χ4v) is 2.81. The Bertz CT molecular complexity index is 829. The van der Waals surface area contributed by atoms with Crippen LogP contribution < -0.4 is 9.47 Å². The number of hydrogen-bond acceptors (Lipinski definition) is 7. The van der Waals surface area contributed by atoms with Crippen molar-refractivity contribution in [2.75, 3.05) is 12.4 Å². The van der Waals surface area contributed by atoms with E-state index in [2.05, 4.69) is 10.2 Å². The molecule has 2 aromatic carbocycles. The summed E-state index contributed by atoms with van der Waals surface area (Å²) in [7, 11) is 0. The first-order valence-corrected chi connectivity index (χ1v) is 9.33. The quantitative estimate of drug-likeness (QED) is 0.556. The van der Waals surface area contributed by atoms with Crippen LogP contribution in [0.15, 0.2) is 64.2 Å². The zero-order chi connectivity index (χ0) is 19.1. The minimum absolute atomic E-state index is 0.169. The fourth-order valence-electron chi connectivity index (χ4n) is 2.14. The van der Waals surface area contributed by atoms with Crippen molar-refractivity contribution in [2.24, 2.45) is 0 Å². The highest BCUT2D eigenvalue weighted by molar-refractivity contribution is 7.99. The summed E-state index contributed by atoms with van der Waals surface area (Å²) in [4.78, 5) is 0. The van der Waals surface area contributed by atoms with E-state index in [0.717, 1.165) is 0 Å². The van der Waals surface area contributed by atoms with Crippen LogP contribution in [0.25, 0.3) is 0 Å². The molecule has 1 aromatic heterocycles. The van der Waals surface area contributed by atoms with Crippen LogP contribution in [0.5, 0.6) is 11.5 Å². The van der Waals surface area contributed by atoms with Gasteiger partial charge in [0.15, 0.2) is 6.10 Å². The van der Waals surface area contributed by atoms with Gasteiger partial charge in [-0.3, -0.25) is 0 Å². The predicted molar refractivity (Wildman–Crippen MR) is 98.4 cm³/mol. The Labute approximate surface area is 160 Å². The van der Waals surface area contributed by atoms with E-state index >= 15 is 0 Å². The van der Waals surface area contributed by atoms with Gasteiger partial charge in [-0.1, -0.05) is 30.0 Å². The number of aliphatic hydroxyl groups is 1. The lowest BCUT2D eigenvalue weighted by atomic mass is 10.3. The molecular weight excluding hydrogens is 371 g/mol. The third-order valence-corrected chi connectivity index (χ3v) is 4.44. The molecule has 0 aliphatic carbocycles. The Morgan fingerprint density at radius 2 is 1.81 bits per heavy atom. The van der Waals surface area contributed by atoms with Gasteiger partial charge in [-0.15, -0.1) is 10.2 Å². The highest BCUT2D eigenvalue weighted by Crippen LogP contribution is 2.24. The van der Waals surface area contributed by atoms with E-state index in [0.29, 0.717) is 28.4 Å². The van der Waals surface area contributed by atoms with Crippen molar-refractivity contribution in [3.63, 3.8) is 0 Å². The molecule has 2 atom stereocenters. The smallest absolute Gasteiger partial charge is 0.276 e. The van der Waals surface area contributed by atoms with E-state index in [1.54, 1.807) is 6.92 Å². The molecule has 3 aromatic rings. The summed E-state index contributed by atoms with van der Waals surface area (Å²) in [6, 6.07) is 15.0. The van der Waals surface area contributed by atoms with Crippen LogP contribution in [-0.4, -0.2) is 33.8 Å². The number of aliphatic hydroxyl groups excluding tert-OH is 1. The van der Waals surface area contributed by atoms with Crippen LogP contribution in [0, 0.1) is 5.82 Å². The molecule has 8 heteroatoms. The zero-order valence-corrected chi connectivity index (χ0v) is 15.4. The van der Waals surface area contributed by atoms with Crippen molar-refractivity contribution in [1.82, 2.24) is 10.2 Å². The average molecular weight is 390 g/mol. The molecule has 0 saturated heterocycles. The molecule has 3 rings (SSSR count). The SMILES string of the molecule is CC(Oc1ccc(F)cc1)c1nnc(SCC(O)COc2ccccc2)o1. The number of aromatic nitrogens is 2. The molecule has 0 bridgehead atoms. The molecule has 0 aliphatic heterocycles. The fraction of sp³-hybridized carbons (Fsp3) is 0.263. The van der Waals surface area contributed by atoms with Gasteiger partial charge in [-0.25, -0.2) is 4.39 Å². The van der Waals surface area contributed by atoms with E-state index in [9.17, 15) is 9.50 Å². The normalized spacial score (nSPS) is 13.1. The summed E-state index contributed by atoms with van der Waals surface area (Å²) in [5.74, 6) is 1.53. The standard InChI is InChI=1S/C19H19FN2O4S/c1-13(25-17-9-7-14(20)8-10-17)18-21-22-19(26-18)27-12-15(23)11-24-16-5-3-2-4-6-16/h2-10,13,15,23H,11-12H2,1H3. The van der Waals surface area contributed by atoms with E-state index in [1.165, 1.54) is 36.0 Å². The molecule has 0 saturated carbocycles. The summed E-state index contributed by atoms with van der Waals surface area (Å²) < 4.78 is 29.6. The monoisotopic (exact) mass is 390 g/mol. The number of para-hydroxylation sites is 1. The van der Waals surface area contributed by atoms with Crippen molar-refractivity contribution in [1.29, 1.82) is 0 Å². The number of hydrogen-bond donors (Lipinski definition) is 1. The molecule has 1 N–H and O–H groups in total. The van der Waals surface area contributed by atoms with Gasteiger partial charge in [0.05, 0.1) is 6.10 Å². The van der Waals surface area contributed by atoms with E-state index < -0.39 is 12.2 Å². The van der Waals surface area contributed by atoms with Crippen LogP contribution >= 0.6 is 11.8 Å². The predicted octanol–water partition coefficient (Wildman–Crippen LogP) is 3.88. The number of rotatable bonds is 9. The first kappa shape index (κ1) is 19.2. The second-order valence-electron chi connectivity index (χ2n) is 5.71. The summed E-state index contributed by atoms with van der Waals surface area (Å²) in [6.07, 6.45) is -1.16. The van der Waals surface area contributed by atoms with Gasteiger partial charge in [-0.2, -0.15) is 0 Å². The highest BCUT2D eigenvalue weighted by Gasteiger charge is 2.17. The number of benzene rings is 2. The van der Waals surface area contributed by atoms with Crippen molar-refractivity contribution < 1.29 is 23.4 Å².